The molecule has 0 aliphatic carbocycles. The zero-order valence-corrected chi connectivity index (χ0v) is 21.7. The minimum Gasteiger partial charge on any atom is -0.494 e. The van der Waals surface area contributed by atoms with Crippen molar-refractivity contribution in [2.45, 2.75) is 117 Å². The lowest BCUT2D eigenvalue weighted by Gasteiger charge is -2.08. The second kappa shape index (κ2) is 17.6. The fourth-order valence-corrected chi connectivity index (χ4v) is 4.17. The van der Waals surface area contributed by atoms with Gasteiger partial charge in [0.05, 0.1) is 6.61 Å². The number of hydrogen-bond donors (Lipinski definition) is 0. The average molecular weight is 453 g/mol. The lowest BCUT2D eigenvalue weighted by Crippen LogP contribution is -1.98. The van der Waals surface area contributed by atoms with Crippen LogP contribution in [0, 0.1) is 5.92 Å². The quantitative estimate of drug-likeness (QED) is 0.199. The van der Waals surface area contributed by atoms with Crippen LogP contribution in [0.2, 0.25) is 0 Å². The molecule has 2 aromatic rings. The van der Waals surface area contributed by atoms with Gasteiger partial charge in [-0.05, 0) is 55.0 Å². The second-order valence-corrected chi connectivity index (χ2v) is 9.96. The molecule has 0 radical (unpaired) electrons. The third-order valence-electron chi connectivity index (χ3n) is 6.33. The molecule has 0 N–H and O–H groups in total. The molecule has 184 valence electrons. The van der Waals surface area contributed by atoms with Gasteiger partial charge in [0, 0.05) is 18.0 Å². The molecular formula is C30H48N2O. The van der Waals surface area contributed by atoms with Gasteiger partial charge >= 0.3 is 0 Å². The highest BCUT2D eigenvalue weighted by molar-refractivity contribution is 5.55. The summed E-state index contributed by atoms with van der Waals surface area (Å²) < 4.78 is 5.91. The van der Waals surface area contributed by atoms with Gasteiger partial charge in [0.25, 0.3) is 0 Å². The maximum atomic E-state index is 5.91. The van der Waals surface area contributed by atoms with Gasteiger partial charge in [-0.25, -0.2) is 9.97 Å². The molecule has 3 nitrogen and oxygen atoms in total. The molecule has 0 unspecified atom stereocenters. The molecular weight excluding hydrogens is 404 g/mol. The van der Waals surface area contributed by atoms with Gasteiger partial charge < -0.3 is 4.74 Å². The number of aromatic nitrogens is 2. The predicted molar refractivity (Wildman–Crippen MR) is 142 cm³/mol. The van der Waals surface area contributed by atoms with Crippen LogP contribution in [-0.2, 0) is 6.42 Å². The highest BCUT2D eigenvalue weighted by atomic mass is 16.5. The van der Waals surface area contributed by atoms with Crippen LogP contribution in [0.1, 0.15) is 116 Å². The van der Waals surface area contributed by atoms with Crippen LogP contribution in [0.4, 0.5) is 0 Å². The Morgan fingerprint density at radius 3 is 1.91 bits per heavy atom. The van der Waals surface area contributed by atoms with Gasteiger partial charge in [0.2, 0.25) is 0 Å². The molecule has 3 heteroatoms. The number of unbranched alkanes of at least 4 members (excludes halogenated alkanes) is 11. The summed E-state index contributed by atoms with van der Waals surface area (Å²) in [7, 11) is 0. The monoisotopic (exact) mass is 452 g/mol. The molecule has 0 atom stereocenters. The highest BCUT2D eigenvalue weighted by Gasteiger charge is 2.03. The van der Waals surface area contributed by atoms with Gasteiger partial charge in [-0.2, -0.15) is 0 Å². The minimum absolute atomic E-state index is 0.794. The van der Waals surface area contributed by atoms with Crippen molar-refractivity contribution in [1.29, 1.82) is 0 Å². The van der Waals surface area contributed by atoms with E-state index in [2.05, 4.69) is 42.9 Å². The van der Waals surface area contributed by atoms with E-state index in [0.29, 0.717) is 0 Å². The lowest BCUT2D eigenvalue weighted by molar-refractivity contribution is 0.304. The summed E-state index contributed by atoms with van der Waals surface area (Å²) in [5.74, 6) is 2.56. The molecule has 0 fully saturated rings. The summed E-state index contributed by atoms with van der Waals surface area (Å²) >= 11 is 0. The van der Waals surface area contributed by atoms with E-state index in [1.54, 1.807) is 0 Å². The Balaban J connectivity index is 1.60. The van der Waals surface area contributed by atoms with Crippen molar-refractivity contribution in [2.24, 2.45) is 5.92 Å². The van der Waals surface area contributed by atoms with Gasteiger partial charge in [-0.15, -0.1) is 0 Å². The van der Waals surface area contributed by atoms with Crippen LogP contribution >= 0.6 is 0 Å². The first-order valence-corrected chi connectivity index (χ1v) is 13.7. The second-order valence-electron chi connectivity index (χ2n) is 9.96. The van der Waals surface area contributed by atoms with E-state index in [4.69, 9.17) is 4.74 Å². The normalized spacial score (nSPS) is 11.3. The van der Waals surface area contributed by atoms with Crippen molar-refractivity contribution in [3.63, 3.8) is 0 Å². The molecule has 33 heavy (non-hydrogen) atoms. The van der Waals surface area contributed by atoms with Gasteiger partial charge in [0.15, 0.2) is 5.82 Å². The fourth-order valence-electron chi connectivity index (χ4n) is 4.17. The largest absolute Gasteiger partial charge is 0.494 e. The van der Waals surface area contributed by atoms with Gasteiger partial charge in [-0.1, -0.05) is 97.8 Å². The molecule has 1 aromatic carbocycles. The van der Waals surface area contributed by atoms with Gasteiger partial charge in [-0.3, -0.25) is 0 Å². The van der Waals surface area contributed by atoms with E-state index >= 15 is 0 Å². The van der Waals surface area contributed by atoms with E-state index in [9.17, 15) is 0 Å². The maximum Gasteiger partial charge on any atom is 0.159 e. The molecule has 2 rings (SSSR count). The zero-order chi connectivity index (χ0) is 23.6. The minimum atomic E-state index is 0.794. The molecule has 0 spiro atoms. The Hall–Kier alpha value is -1.90. The van der Waals surface area contributed by atoms with Crippen LogP contribution < -0.4 is 4.74 Å². The van der Waals surface area contributed by atoms with Crippen LogP contribution in [0.25, 0.3) is 11.4 Å². The summed E-state index contributed by atoms with van der Waals surface area (Å²) in [6, 6.07) is 8.20. The smallest absolute Gasteiger partial charge is 0.159 e. The number of aryl methyl sites for hydroxylation is 1. The molecule has 0 bridgehead atoms. The molecule has 0 saturated heterocycles. The number of hydrogen-bond acceptors (Lipinski definition) is 3. The number of benzene rings is 1. The van der Waals surface area contributed by atoms with Gasteiger partial charge in [0.1, 0.15) is 5.75 Å². The van der Waals surface area contributed by atoms with Crippen molar-refractivity contribution in [3.05, 3.63) is 42.2 Å². The Kier molecular flexibility index (Phi) is 14.6. The van der Waals surface area contributed by atoms with E-state index in [1.165, 1.54) is 89.0 Å². The van der Waals surface area contributed by atoms with E-state index < -0.39 is 0 Å². The highest BCUT2D eigenvalue weighted by Crippen LogP contribution is 2.20. The fraction of sp³-hybridized carbons (Fsp3) is 0.667. The number of nitrogens with zero attached hydrogens (tertiary/aromatic N) is 2. The summed E-state index contributed by atoms with van der Waals surface area (Å²) in [6.45, 7) is 7.68. The van der Waals surface area contributed by atoms with Crippen molar-refractivity contribution >= 4 is 0 Å². The van der Waals surface area contributed by atoms with Crippen molar-refractivity contribution in [2.75, 3.05) is 6.61 Å². The van der Waals surface area contributed by atoms with Crippen LogP contribution in [0.15, 0.2) is 36.7 Å². The zero-order valence-electron chi connectivity index (χ0n) is 21.7. The summed E-state index contributed by atoms with van der Waals surface area (Å²) in [5, 5.41) is 0. The Bertz CT molecular complexity index is 709. The molecule has 1 aromatic heterocycles. The van der Waals surface area contributed by atoms with E-state index in [0.717, 1.165) is 42.5 Å². The lowest BCUT2D eigenvalue weighted by atomic mass is 10.0. The summed E-state index contributed by atoms with van der Waals surface area (Å²) in [6.07, 6.45) is 23.7. The predicted octanol–water partition coefficient (Wildman–Crippen LogP) is 9.20. The first kappa shape index (κ1) is 27.3. The van der Waals surface area contributed by atoms with E-state index in [1.807, 2.05) is 24.5 Å². The average Bonchev–Trinajstić information content (AvgIpc) is 2.83. The topological polar surface area (TPSA) is 35.0 Å². The van der Waals surface area contributed by atoms with E-state index in [-0.39, 0.29) is 0 Å². The third-order valence-corrected chi connectivity index (χ3v) is 6.33. The SMILES string of the molecule is CCCCCCCCCCc1cnc(-c2ccc(OCCCCCCCC(C)C)cc2)nc1. The number of ether oxygens (including phenoxy) is 1. The molecule has 0 saturated carbocycles. The Morgan fingerprint density at radius 2 is 1.27 bits per heavy atom. The standard InChI is InChI=1S/C30H48N2O/c1-4-5-6-7-8-9-12-15-18-27-24-31-30(32-25-27)28-19-21-29(22-20-28)33-23-16-13-10-11-14-17-26(2)3/h19-22,24-26H,4-18,23H2,1-3H3. The molecule has 0 aliphatic rings. The molecule has 1 heterocycles. The van der Waals surface area contributed by atoms with Crippen LogP contribution in [-0.4, -0.2) is 16.6 Å². The summed E-state index contributed by atoms with van der Waals surface area (Å²) in [5.41, 5.74) is 2.29. The number of rotatable bonds is 19. The first-order valence-electron chi connectivity index (χ1n) is 13.7. The van der Waals surface area contributed by atoms with Crippen LogP contribution in [0.3, 0.4) is 0 Å². The first-order chi connectivity index (χ1) is 16.2. The van der Waals surface area contributed by atoms with Crippen molar-refractivity contribution < 1.29 is 4.74 Å². The van der Waals surface area contributed by atoms with Crippen LogP contribution in [0.5, 0.6) is 5.75 Å². The third kappa shape index (κ3) is 12.8. The Labute approximate surface area is 203 Å². The van der Waals surface area contributed by atoms with Crippen molar-refractivity contribution in [1.82, 2.24) is 9.97 Å². The Morgan fingerprint density at radius 1 is 0.697 bits per heavy atom. The summed E-state index contributed by atoms with van der Waals surface area (Å²) in [4.78, 5) is 9.19. The maximum absolute atomic E-state index is 5.91. The molecule has 0 aliphatic heterocycles. The van der Waals surface area contributed by atoms with Crippen molar-refractivity contribution in [3.8, 4) is 17.1 Å². The molecule has 0 amide bonds.